The van der Waals surface area contributed by atoms with E-state index in [0.29, 0.717) is 0 Å². The van der Waals surface area contributed by atoms with Gasteiger partial charge in [-0.05, 0) is 37.4 Å². The van der Waals surface area contributed by atoms with Crippen LogP contribution in [0.1, 0.15) is 15.7 Å². The van der Waals surface area contributed by atoms with Crippen molar-refractivity contribution in [3.63, 3.8) is 0 Å². The lowest BCUT2D eigenvalue weighted by molar-refractivity contribution is -0.385. The maximum absolute atomic E-state index is 12.9. The van der Waals surface area contributed by atoms with Crippen molar-refractivity contribution in [3.8, 4) is 0 Å². The molecule has 0 aliphatic rings. The average Bonchev–Trinajstić information content (AvgIpc) is 2.48. The van der Waals surface area contributed by atoms with Gasteiger partial charge < -0.3 is 0 Å². The highest BCUT2D eigenvalue weighted by Crippen LogP contribution is 2.42. The van der Waals surface area contributed by atoms with E-state index in [9.17, 15) is 18.5 Å². The molecule has 0 heterocycles. The van der Waals surface area contributed by atoms with Crippen LogP contribution < -0.4 is 0 Å². The molecule has 0 aliphatic heterocycles. The second kappa shape index (κ2) is 6.90. The summed E-state index contributed by atoms with van der Waals surface area (Å²) in [4.78, 5) is 10.7. The first-order valence-electron chi connectivity index (χ1n) is 6.54. The van der Waals surface area contributed by atoms with Crippen LogP contribution in [0, 0.1) is 17.0 Å². The third-order valence-electron chi connectivity index (χ3n) is 3.29. The van der Waals surface area contributed by atoms with Crippen LogP contribution in [-0.2, 0) is 9.84 Å². The molecule has 2 rings (SSSR count). The molecular formula is C15H14ClNO4S2. The molecule has 0 aromatic heterocycles. The summed E-state index contributed by atoms with van der Waals surface area (Å²) in [6.07, 6.45) is 1.60. The summed E-state index contributed by atoms with van der Waals surface area (Å²) in [6, 6.07) is 10.3. The summed E-state index contributed by atoms with van der Waals surface area (Å²) >= 11 is 6.93. The summed E-state index contributed by atoms with van der Waals surface area (Å²) in [5, 5.41) is 11.5. The third-order valence-corrected chi connectivity index (χ3v) is 7.29. The molecule has 2 aromatic carbocycles. The summed E-state index contributed by atoms with van der Waals surface area (Å²) in [6.45, 7) is 1.85. The lowest BCUT2D eigenvalue weighted by Gasteiger charge is -2.16. The molecule has 0 fully saturated rings. The molecule has 0 spiro atoms. The van der Waals surface area contributed by atoms with Crippen LogP contribution in [0.5, 0.6) is 0 Å². The Morgan fingerprint density at radius 3 is 2.30 bits per heavy atom. The smallest absolute Gasteiger partial charge is 0.258 e. The van der Waals surface area contributed by atoms with E-state index in [1.54, 1.807) is 18.4 Å². The molecule has 122 valence electrons. The van der Waals surface area contributed by atoms with Gasteiger partial charge in [0.1, 0.15) is 4.58 Å². The van der Waals surface area contributed by atoms with Crippen molar-refractivity contribution >= 4 is 38.9 Å². The van der Waals surface area contributed by atoms with Crippen molar-refractivity contribution in [2.45, 2.75) is 16.4 Å². The highest BCUT2D eigenvalue weighted by atomic mass is 35.5. The van der Waals surface area contributed by atoms with Crippen molar-refractivity contribution in [1.29, 1.82) is 0 Å². The Morgan fingerprint density at radius 2 is 1.78 bits per heavy atom. The topological polar surface area (TPSA) is 77.3 Å². The van der Waals surface area contributed by atoms with Crippen LogP contribution in [-0.4, -0.2) is 19.6 Å². The van der Waals surface area contributed by atoms with Crippen LogP contribution in [0.25, 0.3) is 0 Å². The number of thioether (sulfide) groups is 1. The summed E-state index contributed by atoms with van der Waals surface area (Å²) in [5.41, 5.74) is 0.749. The normalized spacial score (nSPS) is 12.8. The summed E-state index contributed by atoms with van der Waals surface area (Å²) < 4.78 is 24.6. The molecule has 0 bridgehead atoms. The molecule has 8 heteroatoms. The molecule has 0 aliphatic carbocycles. The van der Waals surface area contributed by atoms with E-state index in [-0.39, 0.29) is 21.2 Å². The minimum absolute atomic E-state index is 0.0792. The van der Waals surface area contributed by atoms with Crippen LogP contribution in [0.3, 0.4) is 0 Å². The van der Waals surface area contributed by atoms with Gasteiger partial charge in [-0.25, -0.2) is 8.42 Å². The largest absolute Gasteiger partial charge is 0.274 e. The lowest BCUT2D eigenvalue weighted by atomic mass is 10.2. The second-order valence-electron chi connectivity index (χ2n) is 4.89. The molecule has 0 saturated heterocycles. The van der Waals surface area contributed by atoms with E-state index in [0.717, 1.165) is 17.3 Å². The Kier molecular flexibility index (Phi) is 5.33. The number of halogens is 1. The average molecular weight is 372 g/mol. The van der Waals surface area contributed by atoms with Crippen LogP contribution in [0.15, 0.2) is 47.4 Å². The summed E-state index contributed by atoms with van der Waals surface area (Å²) in [5.74, 6) is 0. The number of sulfone groups is 1. The second-order valence-corrected chi connectivity index (χ2v) is 8.60. The Balaban J connectivity index is 2.62. The van der Waals surface area contributed by atoms with E-state index >= 15 is 0 Å². The van der Waals surface area contributed by atoms with Crippen molar-refractivity contribution in [1.82, 2.24) is 0 Å². The van der Waals surface area contributed by atoms with Crippen LogP contribution in [0.2, 0.25) is 5.02 Å². The fourth-order valence-electron chi connectivity index (χ4n) is 2.15. The predicted octanol–water partition coefficient (Wildman–Crippen LogP) is 4.39. The number of aryl methyl sites for hydroxylation is 1. The van der Waals surface area contributed by atoms with Gasteiger partial charge in [-0.15, -0.1) is 11.8 Å². The van der Waals surface area contributed by atoms with Crippen molar-refractivity contribution in [2.24, 2.45) is 0 Å². The number of nitrogens with zero attached hydrogens (tertiary/aromatic N) is 1. The standard InChI is InChI=1S/C15H14ClNO4S2/c1-10-3-6-12(7-4-10)23(20,21)15(22-2)13-9-11(16)5-8-14(13)17(18)19/h3-9,15H,1-2H3. The van der Waals surface area contributed by atoms with E-state index in [1.807, 2.05) is 6.92 Å². The number of nitro benzene ring substituents is 1. The van der Waals surface area contributed by atoms with E-state index in [4.69, 9.17) is 11.6 Å². The van der Waals surface area contributed by atoms with Crippen molar-refractivity contribution < 1.29 is 13.3 Å². The highest BCUT2D eigenvalue weighted by Gasteiger charge is 2.33. The zero-order valence-electron chi connectivity index (χ0n) is 12.4. The predicted molar refractivity (Wildman–Crippen MR) is 92.7 cm³/mol. The van der Waals surface area contributed by atoms with Gasteiger partial charge in [0.05, 0.1) is 15.4 Å². The third kappa shape index (κ3) is 3.68. The van der Waals surface area contributed by atoms with E-state index in [1.165, 1.54) is 30.3 Å². The zero-order valence-corrected chi connectivity index (χ0v) is 14.8. The number of benzene rings is 2. The first kappa shape index (κ1) is 17.8. The Bertz CT molecular complexity index is 835. The zero-order chi connectivity index (χ0) is 17.2. The van der Waals surface area contributed by atoms with Gasteiger partial charge >= 0.3 is 0 Å². The Hall–Kier alpha value is -1.57. The molecule has 2 aromatic rings. The van der Waals surface area contributed by atoms with Gasteiger partial charge in [0, 0.05) is 11.1 Å². The minimum Gasteiger partial charge on any atom is -0.258 e. The van der Waals surface area contributed by atoms with Gasteiger partial charge in [-0.1, -0.05) is 29.3 Å². The molecule has 0 radical (unpaired) electrons. The fraction of sp³-hybridized carbons (Fsp3) is 0.200. The molecule has 5 nitrogen and oxygen atoms in total. The molecule has 1 atom stereocenters. The molecule has 1 unspecified atom stereocenters. The maximum Gasteiger partial charge on any atom is 0.274 e. The van der Waals surface area contributed by atoms with Crippen molar-refractivity contribution in [2.75, 3.05) is 6.26 Å². The molecule has 23 heavy (non-hydrogen) atoms. The van der Waals surface area contributed by atoms with E-state index < -0.39 is 19.3 Å². The molecule has 0 saturated carbocycles. The molecular weight excluding hydrogens is 358 g/mol. The number of nitro groups is 1. The van der Waals surface area contributed by atoms with Gasteiger partial charge in [-0.2, -0.15) is 0 Å². The van der Waals surface area contributed by atoms with E-state index in [2.05, 4.69) is 0 Å². The number of rotatable bonds is 5. The first-order valence-corrected chi connectivity index (χ1v) is 9.76. The Labute approximate surface area is 143 Å². The van der Waals surface area contributed by atoms with Gasteiger partial charge in [0.15, 0.2) is 9.84 Å². The Morgan fingerprint density at radius 1 is 1.17 bits per heavy atom. The molecule has 0 amide bonds. The fourth-order valence-corrected chi connectivity index (χ4v) is 5.41. The SMILES string of the molecule is CSC(c1cc(Cl)ccc1[N+](=O)[O-])S(=O)(=O)c1ccc(C)cc1. The van der Waals surface area contributed by atoms with Crippen molar-refractivity contribution in [3.05, 3.63) is 68.7 Å². The monoisotopic (exact) mass is 371 g/mol. The van der Waals surface area contributed by atoms with Crippen LogP contribution in [0.4, 0.5) is 5.69 Å². The number of hydrogen-bond acceptors (Lipinski definition) is 5. The maximum atomic E-state index is 12.9. The summed E-state index contributed by atoms with van der Waals surface area (Å²) in [7, 11) is -3.79. The first-order chi connectivity index (χ1) is 10.8. The molecule has 0 N–H and O–H groups in total. The number of hydrogen-bond donors (Lipinski definition) is 0. The highest BCUT2D eigenvalue weighted by molar-refractivity contribution is 8.12. The van der Waals surface area contributed by atoms with Crippen LogP contribution >= 0.6 is 23.4 Å². The quantitative estimate of drug-likeness (QED) is 0.575. The van der Waals surface area contributed by atoms with Gasteiger partial charge in [-0.3, -0.25) is 10.1 Å². The minimum atomic E-state index is -3.79. The lowest BCUT2D eigenvalue weighted by Crippen LogP contribution is -2.12. The van der Waals surface area contributed by atoms with Gasteiger partial charge in [0.25, 0.3) is 5.69 Å². The van der Waals surface area contributed by atoms with Gasteiger partial charge in [0.2, 0.25) is 0 Å².